The lowest BCUT2D eigenvalue weighted by Crippen LogP contribution is -2.27. The molecule has 0 radical (unpaired) electrons. The molecule has 0 saturated heterocycles. The Labute approximate surface area is 75.3 Å². The summed E-state index contributed by atoms with van der Waals surface area (Å²) >= 11 is 2.06. The van der Waals surface area contributed by atoms with Crippen LogP contribution in [0.2, 0.25) is 0 Å². The van der Waals surface area contributed by atoms with Gasteiger partial charge in [-0.2, -0.15) is 11.8 Å². The van der Waals surface area contributed by atoms with Crippen molar-refractivity contribution in [2.45, 2.75) is 39.2 Å². The lowest BCUT2D eigenvalue weighted by atomic mass is 10.2. The molecule has 2 heteroatoms. The quantitative estimate of drug-likeness (QED) is 0.597. The fourth-order valence-corrected chi connectivity index (χ4v) is 2.10. The summed E-state index contributed by atoms with van der Waals surface area (Å²) in [5.74, 6) is 2.58. The normalized spacial score (nSPS) is 13.4. The number of rotatable bonds is 7. The molecule has 0 aliphatic rings. The lowest BCUT2D eigenvalue weighted by molar-refractivity contribution is 0.564. The van der Waals surface area contributed by atoms with Gasteiger partial charge in [-0.25, -0.2) is 0 Å². The van der Waals surface area contributed by atoms with Crippen molar-refractivity contribution in [2.24, 2.45) is 0 Å². The van der Waals surface area contributed by atoms with E-state index in [-0.39, 0.29) is 0 Å². The Morgan fingerprint density at radius 2 is 2.00 bits per heavy atom. The van der Waals surface area contributed by atoms with Crippen LogP contribution in [0.25, 0.3) is 0 Å². The standard InChI is InChI=1S/C9H21NS/c1-4-6-9(10-3)8-11-7-5-2/h9-10H,4-8H2,1-3H3. The largest absolute Gasteiger partial charge is 0.316 e. The zero-order valence-electron chi connectivity index (χ0n) is 8.02. The maximum atomic E-state index is 3.34. The molecule has 0 saturated carbocycles. The van der Waals surface area contributed by atoms with Crippen LogP contribution in [0, 0.1) is 0 Å². The third-order valence-electron chi connectivity index (χ3n) is 1.71. The molecule has 0 aromatic heterocycles. The fourth-order valence-electron chi connectivity index (χ4n) is 1.03. The molecular weight excluding hydrogens is 154 g/mol. The van der Waals surface area contributed by atoms with Crippen LogP contribution in [0.3, 0.4) is 0 Å². The number of nitrogens with one attached hydrogen (secondary N) is 1. The summed E-state index contributed by atoms with van der Waals surface area (Å²) < 4.78 is 0. The molecule has 1 nitrogen and oxygen atoms in total. The monoisotopic (exact) mass is 175 g/mol. The van der Waals surface area contributed by atoms with Crippen LogP contribution >= 0.6 is 11.8 Å². The Morgan fingerprint density at radius 1 is 1.27 bits per heavy atom. The van der Waals surface area contributed by atoms with Crippen molar-refractivity contribution in [3.63, 3.8) is 0 Å². The van der Waals surface area contributed by atoms with Crippen LogP contribution in [0.1, 0.15) is 33.1 Å². The molecule has 0 aromatic rings. The molecular formula is C9H21NS. The van der Waals surface area contributed by atoms with Crippen LogP contribution in [0.5, 0.6) is 0 Å². The smallest absolute Gasteiger partial charge is 0.0155 e. The third kappa shape index (κ3) is 6.70. The Balaban J connectivity index is 3.20. The highest BCUT2D eigenvalue weighted by atomic mass is 32.2. The molecule has 0 rings (SSSR count). The number of hydrogen-bond donors (Lipinski definition) is 1. The van der Waals surface area contributed by atoms with Crippen molar-refractivity contribution in [1.29, 1.82) is 0 Å². The Hall–Kier alpha value is 0.310. The zero-order chi connectivity index (χ0) is 8.53. The highest BCUT2D eigenvalue weighted by Gasteiger charge is 2.02. The summed E-state index contributed by atoms with van der Waals surface area (Å²) in [5, 5.41) is 3.34. The van der Waals surface area contributed by atoms with E-state index in [2.05, 4.69) is 38.0 Å². The van der Waals surface area contributed by atoms with E-state index in [9.17, 15) is 0 Å². The molecule has 0 heterocycles. The third-order valence-corrected chi connectivity index (χ3v) is 3.05. The van der Waals surface area contributed by atoms with Crippen molar-refractivity contribution in [1.82, 2.24) is 5.32 Å². The van der Waals surface area contributed by atoms with Gasteiger partial charge in [-0.1, -0.05) is 20.3 Å². The highest BCUT2D eigenvalue weighted by molar-refractivity contribution is 7.99. The Kier molecular flexibility index (Phi) is 8.64. The van der Waals surface area contributed by atoms with Crippen LogP contribution in [-0.4, -0.2) is 24.6 Å². The Morgan fingerprint density at radius 3 is 2.45 bits per heavy atom. The minimum absolute atomic E-state index is 0.733. The van der Waals surface area contributed by atoms with E-state index in [4.69, 9.17) is 0 Å². The first-order valence-electron chi connectivity index (χ1n) is 4.60. The topological polar surface area (TPSA) is 12.0 Å². The maximum absolute atomic E-state index is 3.34. The molecule has 1 N–H and O–H groups in total. The summed E-state index contributed by atoms with van der Waals surface area (Å²) in [6.45, 7) is 4.48. The van der Waals surface area contributed by atoms with E-state index >= 15 is 0 Å². The number of hydrogen-bond acceptors (Lipinski definition) is 2. The van der Waals surface area contributed by atoms with Gasteiger partial charge >= 0.3 is 0 Å². The van der Waals surface area contributed by atoms with Gasteiger partial charge in [0.05, 0.1) is 0 Å². The minimum atomic E-state index is 0.733. The van der Waals surface area contributed by atoms with Crippen LogP contribution in [-0.2, 0) is 0 Å². The van der Waals surface area contributed by atoms with Gasteiger partial charge in [0.15, 0.2) is 0 Å². The van der Waals surface area contributed by atoms with Crippen molar-refractivity contribution < 1.29 is 0 Å². The molecule has 0 fully saturated rings. The summed E-state index contributed by atoms with van der Waals surface area (Å²) in [6.07, 6.45) is 3.90. The van der Waals surface area contributed by atoms with E-state index in [0.717, 1.165) is 6.04 Å². The maximum Gasteiger partial charge on any atom is 0.0155 e. The molecule has 0 spiro atoms. The summed E-state index contributed by atoms with van der Waals surface area (Å²) in [7, 11) is 2.06. The average Bonchev–Trinajstić information content (AvgIpc) is 2.03. The molecule has 1 unspecified atom stereocenters. The molecule has 68 valence electrons. The van der Waals surface area contributed by atoms with Crippen molar-refractivity contribution in [3.8, 4) is 0 Å². The van der Waals surface area contributed by atoms with Gasteiger partial charge in [0.1, 0.15) is 0 Å². The van der Waals surface area contributed by atoms with Gasteiger partial charge in [0, 0.05) is 11.8 Å². The highest BCUT2D eigenvalue weighted by Crippen LogP contribution is 2.07. The lowest BCUT2D eigenvalue weighted by Gasteiger charge is -2.13. The molecule has 0 aromatic carbocycles. The van der Waals surface area contributed by atoms with E-state index in [1.807, 2.05) is 0 Å². The van der Waals surface area contributed by atoms with Gasteiger partial charge in [-0.3, -0.25) is 0 Å². The fraction of sp³-hybridized carbons (Fsp3) is 1.00. The first-order valence-corrected chi connectivity index (χ1v) is 5.75. The molecule has 0 bridgehead atoms. The second kappa shape index (κ2) is 8.41. The molecule has 0 aliphatic carbocycles. The average molecular weight is 175 g/mol. The van der Waals surface area contributed by atoms with Crippen LogP contribution in [0.4, 0.5) is 0 Å². The van der Waals surface area contributed by atoms with E-state index in [1.54, 1.807) is 0 Å². The van der Waals surface area contributed by atoms with E-state index in [0.29, 0.717) is 0 Å². The summed E-state index contributed by atoms with van der Waals surface area (Å²) in [6, 6.07) is 0.733. The predicted molar refractivity (Wildman–Crippen MR) is 55.4 cm³/mol. The Bertz CT molecular complexity index is 76.0. The molecule has 0 aliphatic heterocycles. The first kappa shape index (κ1) is 11.3. The zero-order valence-corrected chi connectivity index (χ0v) is 8.84. The van der Waals surface area contributed by atoms with Crippen molar-refractivity contribution >= 4 is 11.8 Å². The van der Waals surface area contributed by atoms with Crippen LogP contribution in [0.15, 0.2) is 0 Å². The molecule has 0 amide bonds. The minimum Gasteiger partial charge on any atom is -0.316 e. The van der Waals surface area contributed by atoms with Crippen molar-refractivity contribution in [3.05, 3.63) is 0 Å². The predicted octanol–water partition coefficient (Wildman–Crippen LogP) is 2.52. The van der Waals surface area contributed by atoms with Gasteiger partial charge in [-0.05, 0) is 25.6 Å². The van der Waals surface area contributed by atoms with Crippen LogP contribution < -0.4 is 5.32 Å². The first-order chi connectivity index (χ1) is 5.35. The second-order valence-electron chi connectivity index (χ2n) is 2.85. The molecule has 11 heavy (non-hydrogen) atoms. The van der Waals surface area contributed by atoms with E-state index in [1.165, 1.54) is 30.8 Å². The van der Waals surface area contributed by atoms with Crippen molar-refractivity contribution in [2.75, 3.05) is 18.6 Å². The summed E-state index contributed by atoms with van der Waals surface area (Å²) in [5.41, 5.74) is 0. The van der Waals surface area contributed by atoms with Gasteiger partial charge < -0.3 is 5.32 Å². The summed E-state index contributed by atoms with van der Waals surface area (Å²) in [4.78, 5) is 0. The van der Waals surface area contributed by atoms with Gasteiger partial charge in [-0.15, -0.1) is 0 Å². The second-order valence-corrected chi connectivity index (χ2v) is 4.00. The van der Waals surface area contributed by atoms with Gasteiger partial charge in [0.25, 0.3) is 0 Å². The molecule has 1 atom stereocenters. The SMILES string of the molecule is CCCSCC(CCC)NC. The van der Waals surface area contributed by atoms with E-state index < -0.39 is 0 Å². The number of thioether (sulfide) groups is 1. The van der Waals surface area contributed by atoms with Gasteiger partial charge in [0.2, 0.25) is 0 Å².